The summed E-state index contributed by atoms with van der Waals surface area (Å²) in [5.74, 6) is 0. The van der Waals surface area contributed by atoms with Crippen LogP contribution in [0.15, 0.2) is 29.2 Å². The summed E-state index contributed by atoms with van der Waals surface area (Å²) in [4.78, 5) is 0.337. The second-order valence-electron chi connectivity index (χ2n) is 4.95. The van der Waals surface area contributed by atoms with Gasteiger partial charge in [-0.2, -0.15) is 4.31 Å². The highest BCUT2D eigenvalue weighted by atomic mass is 32.2. The molecule has 5 heteroatoms. The lowest BCUT2D eigenvalue weighted by atomic mass is 10.2. The van der Waals surface area contributed by atoms with Crippen LogP contribution in [0.3, 0.4) is 0 Å². The van der Waals surface area contributed by atoms with Crippen LogP contribution < -0.4 is 0 Å². The largest absolute Gasteiger partial charge is 0.395 e. The Kier molecular flexibility index (Phi) is 7.19. The van der Waals surface area contributed by atoms with Gasteiger partial charge in [-0.1, -0.05) is 44.4 Å². The highest BCUT2D eigenvalue weighted by molar-refractivity contribution is 7.89. The Morgan fingerprint density at radius 1 is 1.10 bits per heavy atom. The molecule has 1 aromatic carbocycles. The van der Waals surface area contributed by atoms with Gasteiger partial charge in [-0.3, -0.25) is 0 Å². The molecule has 0 unspecified atom stereocenters. The third-order valence-electron chi connectivity index (χ3n) is 3.32. The van der Waals surface area contributed by atoms with Crippen molar-refractivity contribution >= 4 is 10.0 Å². The van der Waals surface area contributed by atoms with Crippen LogP contribution in [-0.4, -0.2) is 37.5 Å². The fourth-order valence-electron chi connectivity index (χ4n) is 2.16. The smallest absolute Gasteiger partial charge is 0.243 e. The van der Waals surface area contributed by atoms with Crippen molar-refractivity contribution in [1.82, 2.24) is 4.31 Å². The molecule has 4 nitrogen and oxygen atoms in total. The SMILES string of the molecule is CCCCCCN(CCO)S(=O)(=O)c1ccccc1C. The first-order chi connectivity index (χ1) is 9.54. The van der Waals surface area contributed by atoms with Crippen LogP contribution in [0.2, 0.25) is 0 Å². The fraction of sp³-hybridized carbons (Fsp3) is 0.600. The van der Waals surface area contributed by atoms with Gasteiger partial charge in [0.1, 0.15) is 0 Å². The summed E-state index contributed by atoms with van der Waals surface area (Å²) in [5, 5.41) is 9.11. The van der Waals surface area contributed by atoms with Crippen LogP contribution >= 0.6 is 0 Å². The van der Waals surface area contributed by atoms with Crippen LogP contribution in [0.5, 0.6) is 0 Å². The van der Waals surface area contributed by atoms with E-state index in [-0.39, 0.29) is 13.2 Å². The first kappa shape index (κ1) is 17.1. The molecule has 0 aliphatic rings. The second kappa shape index (κ2) is 8.39. The van der Waals surface area contributed by atoms with Crippen LogP contribution in [0.4, 0.5) is 0 Å². The summed E-state index contributed by atoms with van der Waals surface area (Å²) in [6, 6.07) is 6.97. The minimum Gasteiger partial charge on any atom is -0.395 e. The van der Waals surface area contributed by atoms with Crippen molar-refractivity contribution in [3.05, 3.63) is 29.8 Å². The first-order valence-electron chi connectivity index (χ1n) is 7.20. The number of hydrogen-bond donors (Lipinski definition) is 1. The van der Waals surface area contributed by atoms with Crippen molar-refractivity contribution < 1.29 is 13.5 Å². The van der Waals surface area contributed by atoms with Gasteiger partial charge in [0, 0.05) is 13.1 Å². The Morgan fingerprint density at radius 2 is 1.80 bits per heavy atom. The third kappa shape index (κ3) is 4.58. The van der Waals surface area contributed by atoms with E-state index in [1.165, 1.54) is 4.31 Å². The Hall–Kier alpha value is -0.910. The van der Waals surface area contributed by atoms with Gasteiger partial charge in [0.2, 0.25) is 10.0 Å². The summed E-state index contributed by atoms with van der Waals surface area (Å²) < 4.78 is 26.6. The van der Waals surface area contributed by atoms with Crippen LogP contribution in [0, 0.1) is 6.92 Å². The van der Waals surface area contributed by atoms with Crippen LogP contribution in [0.1, 0.15) is 38.2 Å². The molecule has 0 spiro atoms. The molecule has 1 aromatic rings. The first-order valence-corrected chi connectivity index (χ1v) is 8.64. The van der Waals surface area contributed by atoms with Gasteiger partial charge < -0.3 is 5.11 Å². The van der Waals surface area contributed by atoms with E-state index in [9.17, 15) is 8.42 Å². The van der Waals surface area contributed by atoms with Gasteiger partial charge in [-0.15, -0.1) is 0 Å². The number of hydrogen-bond acceptors (Lipinski definition) is 3. The number of aryl methyl sites for hydroxylation is 1. The normalized spacial score (nSPS) is 12.0. The van der Waals surface area contributed by atoms with E-state index in [1.54, 1.807) is 25.1 Å². The number of aliphatic hydroxyl groups excluding tert-OH is 1. The summed E-state index contributed by atoms with van der Waals surface area (Å²) >= 11 is 0. The molecule has 20 heavy (non-hydrogen) atoms. The molecular weight excluding hydrogens is 274 g/mol. The molecule has 0 aromatic heterocycles. The zero-order valence-electron chi connectivity index (χ0n) is 12.4. The maximum absolute atomic E-state index is 12.6. The van der Waals surface area contributed by atoms with E-state index >= 15 is 0 Å². The number of rotatable bonds is 9. The predicted octanol–water partition coefficient (Wildman–Crippen LogP) is 2.56. The lowest BCUT2D eigenvalue weighted by molar-refractivity contribution is 0.251. The number of unbranched alkanes of at least 4 members (excludes halogenated alkanes) is 3. The van der Waals surface area contributed by atoms with Crippen LogP contribution in [0.25, 0.3) is 0 Å². The van der Waals surface area contributed by atoms with E-state index in [1.807, 2.05) is 6.07 Å². The number of aliphatic hydroxyl groups is 1. The topological polar surface area (TPSA) is 57.6 Å². The molecule has 1 N–H and O–H groups in total. The van der Waals surface area contributed by atoms with Crippen LogP contribution in [-0.2, 0) is 10.0 Å². The average molecular weight is 299 g/mol. The number of benzene rings is 1. The monoisotopic (exact) mass is 299 g/mol. The van der Waals surface area contributed by atoms with Crippen molar-refractivity contribution in [2.24, 2.45) is 0 Å². The second-order valence-corrected chi connectivity index (χ2v) is 6.86. The third-order valence-corrected chi connectivity index (χ3v) is 5.38. The Balaban J connectivity index is 2.86. The minimum absolute atomic E-state index is 0.154. The molecule has 0 bridgehead atoms. The summed E-state index contributed by atoms with van der Waals surface area (Å²) in [6.45, 7) is 4.38. The van der Waals surface area contributed by atoms with Gasteiger partial charge in [-0.05, 0) is 25.0 Å². The molecule has 0 radical (unpaired) electrons. The summed E-state index contributed by atoms with van der Waals surface area (Å²) in [6.07, 6.45) is 4.07. The maximum atomic E-state index is 12.6. The lowest BCUT2D eigenvalue weighted by Crippen LogP contribution is -2.34. The van der Waals surface area contributed by atoms with Crippen molar-refractivity contribution in [2.75, 3.05) is 19.7 Å². The summed E-state index contributed by atoms with van der Waals surface area (Å²) in [5.41, 5.74) is 0.740. The number of nitrogens with zero attached hydrogens (tertiary/aromatic N) is 1. The highest BCUT2D eigenvalue weighted by Gasteiger charge is 2.24. The molecule has 0 amide bonds. The molecule has 0 atom stereocenters. The standard InChI is InChI=1S/C15H25NO3S/c1-3-4-5-8-11-16(12-13-17)20(18,19)15-10-7-6-9-14(15)2/h6-7,9-10,17H,3-5,8,11-13H2,1-2H3. The maximum Gasteiger partial charge on any atom is 0.243 e. The Labute approximate surface area is 122 Å². The summed E-state index contributed by atoms with van der Waals surface area (Å²) in [7, 11) is -3.51. The molecule has 0 saturated heterocycles. The van der Waals surface area contributed by atoms with E-state index in [0.29, 0.717) is 11.4 Å². The number of sulfonamides is 1. The van der Waals surface area contributed by atoms with E-state index in [4.69, 9.17) is 5.11 Å². The van der Waals surface area contributed by atoms with Gasteiger partial charge in [0.25, 0.3) is 0 Å². The van der Waals surface area contributed by atoms with E-state index in [0.717, 1.165) is 31.2 Å². The van der Waals surface area contributed by atoms with Gasteiger partial charge in [0.05, 0.1) is 11.5 Å². The van der Waals surface area contributed by atoms with Gasteiger partial charge in [0.15, 0.2) is 0 Å². The molecule has 114 valence electrons. The predicted molar refractivity (Wildman–Crippen MR) is 81.2 cm³/mol. The Morgan fingerprint density at radius 3 is 2.40 bits per heavy atom. The average Bonchev–Trinajstić information content (AvgIpc) is 2.42. The molecular formula is C15H25NO3S. The highest BCUT2D eigenvalue weighted by Crippen LogP contribution is 2.20. The van der Waals surface area contributed by atoms with Gasteiger partial charge in [-0.25, -0.2) is 8.42 Å². The molecule has 0 saturated carbocycles. The molecule has 0 aliphatic heterocycles. The minimum atomic E-state index is -3.51. The van der Waals surface area contributed by atoms with E-state index < -0.39 is 10.0 Å². The molecule has 0 heterocycles. The van der Waals surface area contributed by atoms with Gasteiger partial charge >= 0.3 is 0 Å². The van der Waals surface area contributed by atoms with Crippen molar-refractivity contribution in [3.8, 4) is 0 Å². The molecule has 0 aliphatic carbocycles. The zero-order chi connectivity index (χ0) is 15.0. The van der Waals surface area contributed by atoms with E-state index in [2.05, 4.69) is 6.92 Å². The Bertz CT molecular complexity index is 500. The lowest BCUT2D eigenvalue weighted by Gasteiger charge is -2.22. The van der Waals surface area contributed by atoms with Crippen molar-refractivity contribution in [3.63, 3.8) is 0 Å². The van der Waals surface area contributed by atoms with Crippen molar-refractivity contribution in [1.29, 1.82) is 0 Å². The quantitative estimate of drug-likeness (QED) is 0.713. The molecule has 1 rings (SSSR count). The molecule has 0 fully saturated rings. The fourth-order valence-corrected chi connectivity index (χ4v) is 3.86. The van der Waals surface area contributed by atoms with Crippen molar-refractivity contribution in [2.45, 2.75) is 44.4 Å². The zero-order valence-corrected chi connectivity index (χ0v) is 13.2.